The van der Waals surface area contributed by atoms with Crippen LogP contribution in [0.15, 0.2) is 41.9 Å². The normalized spacial score (nSPS) is 15.0. The second-order valence-electron chi connectivity index (χ2n) is 5.39. The quantitative estimate of drug-likeness (QED) is 0.448. The van der Waals surface area contributed by atoms with Gasteiger partial charge in [0.2, 0.25) is 0 Å². The summed E-state index contributed by atoms with van der Waals surface area (Å²) >= 11 is 0. The molecular formula is C15H21IN6. The van der Waals surface area contributed by atoms with E-state index in [9.17, 15) is 0 Å². The van der Waals surface area contributed by atoms with E-state index >= 15 is 0 Å². The van der Waals surface area contributed by atoms with E-state index < -0.39 is 0 Å². The molecule has 1 heterocycles. The number of aromatic nitrogens is 3. The number of hydrogen-bond acceptors (Lipinski definition) is 3. The minimum atomic E-state index is 0. The summed E-state index contributed by atoms with van der Waals surface area (Å²) in [6, 6.07) is 8.05. The van der Waals surface area contributed by atoms with Gasteiger partial charge in [0.25, 0.3) is 0 Å². The summed E-state index contributed by atoms with van der Waals surface area (Å²) in [6.07, 6.45) is 7.16. The highest BCUT2D eigenvalue weighted by atomic mass is 127. The molecule has 0 radical (unpaired) electrons. The smallest absolute Gasteiger partial charge is 0.188 e. The van der Waals surface area contributed by atoms with Crippen molar-refractivity contribution >= 4 is 29.9 Å². The lowest BCUT2D eigenvalue weighted by Crippen LogP contribution is -2.37. The van der Waals surface area contributed by atoms with Gasteiger partial charge in [0.1, 0.15) is 12.7 Å². The molecule has 1 aromatic heterocycles. The molecule has 0 atom stereocenters. The summed E-state index contributed by atoms with van der Waals surface area (Å²) in [6.45, 7) is 1.53. The molecule has 0 saturated heterocycles. The Morgan fingerprint density at radius 3 is 2.68 bits per heavy atom. The molecular weight excluding hydrogens is 391 g/mol. The van der Waals surface area contributed by atoms with E-state index in [1.54, 1.807) is 11.0 Å². The largest absolute Gasteiger partial charge is 0.370 e. The fourth-order valence-electron chi connectivity index (χ4n) is 2.27. The van der Waals surface area contributed by atoms with Gasteiger partial charge in [-0.05, 0) is 36.5 Å². The lowest BCUT2D eigenvalue weighted by atomic mass is 9.85. The second-order valence-corrected chi connectivity index (χ2v) is 5.39. The van der Waals surface area contributed by atoms with Gasteiger partial charge in [0, 0.05) is 6.54 Å². The van der Waals surface area contributed by atoms with Crippen molar-refractivity contribution in [2.45, 2.75) is 25.8 Å². The van der Waals surface area contributed by atoms with Crippen LogP contribution in [0.4, 0.5) is 0 Å². The highest BCUT2D eigenvalue weighted by Gasteiger charge is 2.16. The Morgan fingerprint density at radius 2 is 2.09 bits per heavy atom. The predicted octanol–water partition coefficient (Wildman–Crippen LogP) is 2.09. The van der Waals surface area contributed by atoms with E-state index in [-0.39, 0.29) is 24.0 Å². The SMILES string of the molecule is I.NC(=NCc1ccc(-n2cncn2)cc1)NCC1CCC1. The molecule has 0 amide bonds. The maximum atomic E-state index is 5.87. The molecule has 6 nitrogen and oxygen atoms in total. The van der Waals surface area contributed by atoms with E-state index in [4.69, 9.17) is 5.73 Å². The number of halogens is 1. The number of nitrogens with two attached hydrogens (primary N) is 1. The second kappa shape index (κ2) is 8.11. The van der Waals surface area contributed by atoms with Gasteiger partial charge in [0.15, 0.2) is 5.96 Å². The third-order valence-electron chi connectivity index (χ3n) is 3.85. The molecule has 118 valence electrons. The Morgan fingerprint density at radius 1 is 1.32 bits per heavy atom. The van der Waals surface area contributed by atoms with Crippen LogP contribution in [-0.4, -0.2) is 27.3 Å². The maximum Gasteiger partial charge on any atom is 0.188 e. The fourth-order valence-corrected chi connectivity index (χ4v) is 2.27. The highest BCUT2D eigenvalue weighted by Crippen LogP contribution is 2.24. The van der Waals surface area contributed by atoms with Crippen LogP contribution in [0.3, 0.4) is 0 Å². The van der Waals surface area contributed by atoms with E-state index in [2.05, 4.69) is 20.4 Å². The summed E-state index contributed by atoms with van der Waals surface area (Å²) in [5.41, 5.74) is 7.97. The summed E-state index contributed by atoms with van der Waals surface area (Å²) in [7, 11) is 0. The molecule has 0 aliphatic heterocycles. The average Bonchev–Trinajstić information content (AvgIpc) is 2.98. The van der Waals surface area contributed by atoms with Gasteiger partial charge in [-0.1, -0.05) is 18.6 Å². The van der Waals surface area contributed by atoms with Crippen LogP contribution in [0.1, 0.15) is 24.8 Å². The van der Waals surface area contributed by atoms with Crippen LogP contribution in [-0.2, 0) is 6.54 Å². The molecule has 3 N–H and O–H groups in total. The van der Waals surface area contributed by atoms with E-state index in [0.717, 1.165) is 23.7 Å². The van der Waals surface area contributed by atoms with E-state index in [1.165, 1.54) is 25.6 Å². The molecule has 3 rings (SSSR count). The molecule has 1 aliphatic rings. The Kier molecular flexibility index (Phi) is 6.17. The molecule has 1 saturated carbocycles. The van der Waals surface area contributed by atoms with Gasteiger partial charge >= 0.3 is 0 Å². The summed E-state index contributed by atoms with van der Waals surface area (Å²) in [5, 5.41) is 7.29. The van der Waals surface area contributed by atoms with Crippen LogP contribution in [0.2, 0.25) is 0 Å². The van der Waals surface area contributed by atoms with Crippen molar-refractivity contribution in [3.8, 4) is 5.69 Å². The van der Waals surface area contributed by atoms with Crippen molar-refractivity contribution < 1.29 is 0 Å². The van der Waals surface area contributed by atoms with Crippen molar-refractivity contribution in [1.82, 2.24) is 20.1 Å². The number of nitrogens with one attached hydrogen (secondary N) is 1. The summed E-state index contributed by atoms with van der Waals surface area (Å²) in [5.74, 6) is 1.31. The van der Waals surface area contributed by atoms with Gasteiger partial charge in [-0.25, -0.2) is 14.7 Å². The van der Waals surface area contributed by atoms with Gasteiger partial charge < -0.3 is 11.1 Å². The minimum Gasteiger partial charge on any atom is -0.370 e. The first-order valence-corrected chi connectivity index (χ1v) is 7.29. The van der Waals surface area contributed by atoms with Gasteiger partial charge in [-0.3, -0.25) is 0 Å². The average molecular weight is 412 g/mol. The number of nitrogens with zero attached hydrogens (tertiary/aromatic N) is 4. The summed E-state index contributed by atoms with van der Waals surface area (Å²) in [4.78, 5) is 8.30. The maximum absolute atomic E-state index is 5.87. The first-order chi connectivity index (χ1) is 10.3. The lowest BCUT2D eigenvalue weighted by Gasteiger charge is -2.25. The number of guanidine groups is 1. The molecule has 0 bridgehead atoms. The Bertz CT molecular complexity index is 589. The topological polar surface area (TPSA) is 81.1 Å². The third-order valence-corrected chi connectivity index (χ3v) is 3.85. The van der Waals surface area contributed by atoms with Crippen molar-refractivity contribution in [3.63, 3.8) is 0 Å². The van der Waals surface area contributed by atoms with Gasteiger partial charge in [0.05, 0.1) is 12.2 Å². The Hall–Kier alpha value is -1.64. The monoisotopic (exact) mass is 412 g/mol. The zero-order valence-electron chi connectivity index (χ0n) is 12.4. The van der Waals surface area contributed by atoms with Crippen molar-refractivity contribution in [2.75, 3.05) is 6.54 Å². The van der Waals surface area contributed by atoms with Crippen molar-refractivity contribution in [1.29, 1.82) is 0 Å². The molecule has 2 aromatic rings. The first-order valence-electron chi connectivity index (χ1n) is 7.29. The van der Waals surface area contributed by atoms with E-state index in [1.807, 2.05) is 24.3 Å². The van der Waals surface area contributed by atoms with Gasteiger partial charge in [-0.15, -0.1) is 24.0 Å². The Labute approximate surface area is 147 Å². The van der Waals surface area contributed by atoms with Crippen LogP contribution >= 0.6 is 24.0 Å². The van der Waals surface area contributed by atoms with Crippen molar-refractivity contribution in [2.24, 2.45) is 16.6 Å². The molecule has 7 heteroatoms. The predicted molar refractivity (Wildman–Crippen MR) is 97.4 cm³/mol. The van der Waals surface area contributed by atoms with Crippen LogP contribution in [0, 0.1) is 5.92 Å². The van der Waals surface area contributed by atoms with Crippen LogP contribution < -0.4 is 11.1 Å². The van der Waals surface area contributed by atoms with Crippen molar-refractivity contribution in [3.05, 3.63) is 42.5 Å². The van der Waals surface area contributed by atoms with Crippen LogP contribution in [0.25, 0.3) is 5.69 Å². The third kappa shape index (κ3) is 4.43. The Balaban J connectivity index is 0.00000176. The zero-order chi connectivity index (χ0) is 14.5. The minimum absolute atomic E-state index is 0. The summed E-state index contributed by atoms with van der Waals surface area (Å²) < 4.78 is 1.72. The number of benzene rings is 1. The van der Waals surface area contributed by atoms with Crippen LogP contribution in [0.5, 0.6) is 0 Å². The lowest BCUT2D eigenvalue weighted by molar-refractivity contribution is 0.315. The van der Waals surface area contributed by atoms with Gasteiger partial charge in [-0.2, -0.15) is 5.10 Å². The molecule has 1 aliphatic carbocycles. The fraction of sp³-hybridized carbons (Fsp3) is 0.400. The molecule has 1 aromatic carbocycles. The number of aliphatic imine (C=N–C) groups is 1. The number of hydrogen-bond donors (Lipinski definition) is 2. The highest BCUT2D eigenvalue weighted by molar-refractivity contribution is 14.0. The molecule has 0 unspecified atom stereocenters. The molecule has 0 spiro atoms. The first kappa shape index (κ1) is 16.7. The zero-order valence-corrected chi connectivity index (χ0v) is 14.7. The molecule has 22 heavy (non-hydrogen) atoms. The standard InChI is InChI=1S/C15H20N6.HI/c16-15(18-8-12-2-1-3-12)19-9-13-4-6-14(7-5-13)21-11-17-10-20-21;/h4-7,10-12H,1-3,8-9H2,(H3,16,18,19);1H. The van der Waals surface area contributed by atoms with E-state index in [0.29, 0.717) is 12.5 Å². The molecule has 1 fully saturated rings. The number of rotatable bonds is 5.